The summed E-state index contributed by atoms with van der Waals surface area (Å²) in [4.78, 5) is 24.4. The van der Waals surface area contributed by atoms with Crippen LogP contribution in [0.15, 0.2) is 0 Å². The standard InChI is InChI=1S/C18H34O4/c1-16(2,3)11-21-14(19)10-13(18(7,8)9)15(20)22-12-17(4,5)6/h13H,10-12H2,1-9H3. The molecule has 4 nitrogen and oxygen atoms in total. The zero-order chi connectivity index (χ0) is 17.8. The van der Waals surface area contributed by atoms with Crippen molar-refractivity contribution in [3.05, 3.63) is 0 Å². The van der Waals surface area contributed by atoms with E-state index in [-0.39, 0.29) is 34.6 Å². The summed E-state index contributed by atoms with van der Waals surface area (Å²) in [7, 11) is 0. The van der Waals surface area contributed by atoms with E-state index in [0.717, 1.165) is 0 Å². The number of hydrogen-bond donors (Lipinski definition) is 0. The predicted molar refractivity (Wildman–Crippen MR) is 88.4 cm³/mol. The molecule has 0 aromatic rings. The SMILES string of the molecule is CC(C)(C)COC(=O)CC(C(=O)OCC(C)(C)C)C(C)(C)C. The second-order valence-electron chi connectivity index (χ2n) is 9.51. The van der Waals surface area contributed by atoms with E-state index in [9.17, 15) is 9.59 Å². The molecule has 0 N–H and O–H groups in total. The molecule has 4 heteroatoms. The lowest BCUT2D eigenvalue weighted by Gasteiger charge is -2.30. The highest BCUT2D eigenvalue weighted by molar-refractivity contribution is 5.80. The fourth-order valence-electron chi connectivity index (χ4n) is 1.65. The molecule has 0 aromatic heterocycles. The minimum Gasteiger partial charge on any atom is -0.465 e. The van der Waals surface area contributed by atoms with Crippen molar-refractivity contribution >= 4 is 11.9 Å². The van der Waals surface area contributed by atoms with Crippen LogP contribution in [0.2, 0.25) is 0 Å². The normalized spacial score (nSPS) is 14.4. The summed E-state index contributed by atoms with van der Waals surface area (Å²) in [5.41, 5.74) is -0.528. The zero-order valence-electron chi connectivity index (χ0n) is 15.8. The second-order valence-corrected chi connectivity index (χ2v) is 9.51. The van der Waals surface area contributed by atoms with Crippen molar-refractivity contribution in [1.29, 1.82) is 0 Å². The highest BCUT2D eigenvalue weighted by Crippen LogP contribution is 2.31. The first-order valence-corrected chi connectivity index (χ1v) is 7.94. The second kappa shape index (κ2) is 7.47. The van der Waals surface area contributed by atoms with Gasteiger partial charge in [0.2, 0.25) is 0 Å². The Bertz CT molecular complexity index is 377. The van der Waals surface area contributed by atoms with Gasteiger partial charge in [-0.25, -0.2) is 0 Å². The van der Waals surface area contributed by atoms with Gasteiger partial charge in [0, 0.05) is 0 Å². The molecular weight excluding hydrogens is 280 g/mol. The van der Waals surface area contributed by atoms with Crippen LogP contribution in [0.1, 0.15) is 68.7 Å². The molecule has 130 valence electrons. The van der Waals surface area contributed by atoms with Crippen LogP contribution in [0.4, 0.5) is 0 Å². The average Bonchev–Trinajstić information content (AvgIpc) is 2.27. The molecule has 0 fully saturated rings. The number of carbonyl (C=O) groups is 2. The average molecular weight is 314 g/mol. The lowest BCUT2D eigenvalue weighted by Crippen LogP contribution is -2.34. The third-order valence-electron chi connectivity index (χ3n) is 3.01. The topological polar surface area (TPSA) is 52.6 Å². The van der Waals surface area contributed by atoms with Crippen LogP contribution in [0, 0.1) is 22.2 Å². The molecule has 0 aliphatic heterocycles. The largest absolute Gasteiger partial charge is 0.465 e. The Morgan fingerprint density at radius 2 is 1.18 bits per heavy atom. The molecule has 0 aromatic carbocycles. The van der Waals surface area contributed by atoms with E-state index in [1.165, 1.54) is 0 Å². The van der Waals surface area contributed by atoms with Gasteiger partial charge in [-0.05, 0) is 16.2 Å². The van der Waals surface area contributed by atoms with Gasteiger partial charge in [-0.1, -0.05) is 62.3 Å². The van der Waals surface area contributed by atoms with Gasteiger partial charge in [0.15, 0.2) is 0 Å². The number of rotatable bonds is 5. The monoisotopic (exact) mass is 314 g/mol. The van der Waals surface area contributed by atoms with Crippen LogP contribution in [0.5, 0.6) is 0 Å². The molecule has 0 amide bonds. The Labute approximate surface area is 135 Å². The number of carbonyl (C=O) groups excluding carboxylic acids is 2. The van der Waals surface area contributed by atoms with Gasteiger partial charge < -0.3 is 9.47 Å². The third-order valence-corrected chi connectivity index (χ3v) is 3.01. The van der Waals surface area contributed by atoms with E-state index in [1.54, 1.807) is 0 Å². The first-order valence-electron chi connectivity index (χ1n) is 7.94. The van der Waals surface area contributed by atoms with Crippen molar-refractivity contribution in [1.82, 2.24) is 0 Å². The molecule has 0 saturated carbocycles. The molecule has 0 bridgehead atoms. The van der Waals surface area contributed by atoms with Crippen LogP contribution in [-0.4, -0.2) is 25.2 Å². The Hall–Kier alpha value is -1.06. The molecule has 22 heavy (non-hydrogen) atoms. The molecule has 1 unspecified atom stereocenters. The molecule has 0 heterocycles. The van der Waals surface area contributed by atoms with Crippen LogP contribution in [0.25, 0.3) is 0 Å². The summed E-state index contributed by atoms with van der Waals surface area (Å²) in [5, 5.41) is 0. The van der Waals surface area contributed by atoms with Crippen molar-refractivity contribution < 1.29 is 19.1 Å². The number of ether oxygens (including phenoxy) is 2. The minimum atomic E-state index is -0.498. The van der Waals surface area contributed by atoms with E-state index in [2.05, 4.69) is 0 Å². The summed E-state index contributed by atoms with van der Waals surface area (Å²) >= 11 is 0. The van der Waals surface area contributed by atoms with Crippen LogP contribution < -0.4 is 0 Å². The summed E-state index contributed by atoms with van der Waals surface area (Å²) in [6.45, 7) is 18.5. The predicted octanol–water partition coefficient (Wildman–Crippen LogP) is 4.22. The Balaban J connectivity index is 4.73. The van der Waals surface area contributed by atoms with Crippen molar-refractivity contribution in [2.45, 2.75) is 68.7 Å². The van der Waals surface area contributed by atoms with Crippen molar-refractivity contribution in [2.75, 3.05) is 13.2 Å². The van der Waals surface area contributed by atoms with E-state index < -0.39 is 5.92 Å². The van der Waals surface area contributed by atoms with Crippen LogP contribution in [-0.2, 0) is 19.1 Å². The summed E-state index contributed by atoms with van der Waals surface area (Å²) < 4.78 is 10.7. The van der Waals surface area contributed by atoms with Crippen molar-refractivity contribution in [2.24, 2.45) is 22.2 Å². The van der Waals surface area contributed by atoms with E-state index in [4.69, 9.17) is 9.47 Å². The van der Waals surface area contributed by atoms with Gasteiger partial charge in [0.25, 0.3) is 0 Å². The Morgan fingerprint density at radius 3 is 1.55 bits per heavy atom. The smallest absolute Gasteiger partial charge is 0.310 e. The lowest BCUT2D eigenvalue weighted by molar-refractivity contribution is -0.162. The maximum Gasteiger partial charge on any atom is 0.310 e. The Morgan fingerprint density at radius 1 is 0.773 bits per heavy atom. The van der Waals surface area contributed by atoms with E-state index in [1.807, 2.05) is 62.3 Å². The first-order chi connectivity index (χ1) is 9.62. The summed E-state index contributed by atoms with van der Waals surface area (Å²) in [5.74, 6) is -1.17. The third kappa shape index (κ3) is 9.80. The summed E-state index contributed by atoms with van der Waals surface area (Å²) in [6, 6.07) is 0. The van der Waals surface area contributed by atoms with Gasteiger partial charge in [0.1, 0.15) is 0 Å². The highest BCUT2D eigenvalue weighted by Gasteiger charge is 2.35. The van der Waals surface area contributed by atoms with Gasteiger partial charge in [-0.3, -0.25) is 9.59 Å². The van der Waals surface area contributed by atoms with Crippen molar-refractivity contribution in [3.8, 4) is 0 Å². The van der Waals surface area contributed by atoms with Gasteiger partial charge in [-0.15, -0.1) is 0 Å². The number of hydrogen-bond acceptors (Lipinski definition) is 4. The van der Waals surface area contributed by atoms with E-state index >= 15 is 0 Å². The minimum absolute atomic E-state index is 0.0581. The fourth-order valence-corrected chi connectivity index (χ4v) is 1.65. The zero-order valence-corrected chi connectivity index (χ0v) is 15.8. The van der Waals surface area contributed by atoms with Crippen molar-refractivity contribution in [3.63, 3.8) is 0 Å². The number of esters is 2. The van der Waals surface area contributed by atoms with Gasteiger partial charge >= 0.3 is 11.9 Å². The first kappa shape index (κ1) is 20.9. The molecular formula is C18H34O4. The molecule has 0 aliphatic carbocycles. The molecule has 0 aliphatic rings. The maximum atomic E-state index is 12.3. The van der Waals surface area contributed by atoms with Gasteiger partial charge in [-0.2, -0.15) is 0 Å². The molecule has 0 saturated heterocycles. The maximum absolute atomic E-state index is 12.3. The van der Waals surface area contributed by atoms with E-state index in [0.29, 0.717) is 13.2 Å². The Kier molecular flexibility index (Phi) is 7.11. The van der Waals surface area contributed by atoms with Crippen LogP contribution >= 0.6 is 0 Å². The fraction of sp³-hybridized carbons (Fsp3) is 0.889. The highest BCUT2D eigenvalue weighted by atomic mass is 16.5. The van der Waals surface area contributed by atoms with Gasteiger partial charge in [0.05, 0.1) is 25.6 Å². The summed E-state index contributed by atoms with van der Waals surface area (Å²) in [6.07, 6.45) is 0.0581. The lowest BCUT2D eigenvalue weighted by atomic mass is 9.78. The molecule has 0 spiro atoms. The van der Waals surface area contributed by atoms with Crippen LogP contribution in [0.3, 0.4) is 0 Å². The quantitative estimate of drug-likeness (QED) is 0.713. The molecule has 0 rings (SSSR count). The molecule has 1 atom stereocenters. The molecule has 0 radical (unpaired) electrons.